The SMILES string of the molecule is Cc1cccc(NCCOc2ccccc2N)c1C. The van der Waals surface area contributed by atoms with E-state index in [-0.39, 0.29) is 0 Å². The molecule has 0 aliphatic carbocycles. The molecule has 0 aromatic heterocycles. The molecule has 2 aromatic rings. The van der Waals surface area contributed by atoms with Crippen molar-refractivity contribution in [3.05, 3.63) is 53.6 Å². The number of para-hydroxylation sites is 2. The Balaban J connectivity index is 1.84. The first-order valence-corrected chi connectivity index (χ1v) is 6.46. The number of hydrogen-bond acceptors (Lipinski definition) is 3. The highest BCUT2D eigenvalue weighted by Crippen LogP contribution is 2.20. The molecule has 100 valence electrons. The maximum Gasteiger partial charge on any atom is 0.142 e. The van der Waals surface area contributed by atoms with Crippen LogP contribution in [0.15, 0.2) is 42.5 Å². The van der Waals surface area contributed by atoms with E-state index >= 15 is 0 Å². The van der Waals surface area contributed by atoms with Crippen LogP contribution < -0.4 is 15.8 Å². The van der Waals surface area contributed by atoms with Crippen LogP contribution in [0, 0.1) is 13.8 Å². The highest BCUT2D eigenvalue weighted by molar-refractivity contribution is 5.54. The summed E-state index contributed by atoms with van der Waals surface area (Å²) in [5.74, 6) is 0.741. The third kappa shape index (κ3) is 3.41. The number of nitrogens with one attached hydrogen (secondary N) is 1. The van der Waals surface area contributed by atoms with E-state index in [1.54, 1.807) is 0 Å². The van der Waals surface area contributed by atoms with Gasteiger partial charge in [-0.15, -0.1) is 0 Å². The summed E-state index contributed by atoms with van der Waals surface area (Å²) >= 11 is 0. The fourth-order valence-corrected chi connectivity index (χ4v) is 1.90. The van der Waals surface area contributed by atoms with Crippen LogP contribution in [0.4, 0.5) is 11.4 Å². The van der Waals surface area contributed by atoms with Crippen molar-refractivity contribution in [1.82, 2.24) is 0 Å². The van der Waals surface area contributed by atoms with Gasteiger partial charge in [-0.3, -0.25) is 0 Å². The molecule has 0 bridgehead atoms. The van der Waals surface area contributed by atoms with Gasteiger partial charge in [0.05, 0.1) is 5.69 Å². The molecular formula is C16H20N2O. The lowest BCUT2D eigenvalue weighted by Gasteiger charge is -2.12. The van der Waals surface area contributed by atoms with E-state index in [4.69, 9.17) is 10.5 Å². The molecule has 19 heavy (non-hydrogen) atoms. The van der Waals surface area contributed by atoms with Crippen LogP contribution >= 0.6 is 0 Å². The van der Waals surface area contributed by atoms with E-state index in [0.29, 0.717) is 12.3 Å². The number of anilines is 2. The fourth-order valence-electron chi connectivity index (χ4n) is 1.90. The van der Waals surface area contributed by atoms with Crippen molar-refractivity contribution in [2.45, 2.75) is 13.8 Å². The highest BCUT2D eigenvalue weighted by atomic mass is 16.5. The molecule has 2 rings (SSSR count). The Bertz CT molecular complexity index is 552. The molecule has 0 spiro atoms. The third-order valence-electron chi connectivity index (χ3n) is 3.20. The lowest BCUT2D eigenvalue weighted by Crippen LogP contribution is -2.13. The van der Waals surface area contributed by atoms with E-state index in [9.17, 15) is 0 Å². The van der Waals surface area contributed by atoms with Crippen LogP contribution in [-0.2, 0) is 0 Å². The van der Waals surface area contributed by atoms with Gasteiger partial charge in [-0.05, 0) is 43.2 Å². The van der Waals surface area contributed by atoms with Gasteiger partial charge in [0.1, 0.15) is 12.4 Å². The predicted molar refractivity (Wildman–Crippen MR) is 80.8 cm³/mol. The number of hydrogen-bond donors (Lipinski definition) is 2. The topological polar surface area (TPSA) is 47.3 Å². The molecule has 0 radical (unpaired) electrons. The second kappa shape index (κ2) is 6.14. The maximum absolute atomic E-state index is 5.81. The summed E-state index contributed by atoms with van der Waals surface area (Å²) in [6.07, 6.45) is 0. The number of nitrogen functional groups attached to an aromatic ring is 1. The monoisotopic (exact) mass is 256 g/mol. The van der Waals surface area contributed by atoms with E-state index < -0.39 is 0 Å². The first-order valence-electron chi connectivity index (χ1n) is 6.46. The Morgan fingerprint density at radius 3 is 2.63 bits per heavy atom. The van der Waals surface area contributed by atoms with Gasteiger partial charge in [-0.1, -0.05) is 24.3 Å². The van der Waals surface area contributed by atoms with Crippen molar-refractivity contribution in [1.29, 1.82) is 0 Å². The zero-order valence-corrected chi connectivity index (χ0v) is 11.4. The molecule has 0 saturated carbocycles. The van der Waals surface area contributed by atoms with Crippen molar-refractivity contribution < 1.29 is 4.74 Å². The van der Waals surface area contributed by atoms with Gasteiger partial charge in [-0.2, -0.15) is 0 Å². The zero-order chi connectivity index (χ0) is 13.7. The Morgan fingerprint density at radius 1 is 1.05 bits per heavy atom. The minimum atomic E-state index is 0.585. The van der Waals surface area contributed by atoms with Gasteiger partial charge in [0.25, 0.3) is 0 Å². The molecule has 3 nitrogen and oxygen atoms in total. The number of aryl methyl sites for hydroxylation is 1. The van der Waals surface area contributed by atoms with Crippen molar-refractivity contribution in [3.8, 4) is 5.75 Å². The second-order valence-corrected chi connectivity index (χ2v) is 4.56. The van der Waals surface area contributed by atoms with E-state index in [1.165, 1.54) is 11.1 Å². The number of nitrogens with two attached hydrogens (primary N) is 1. The van der Waals surface area contributed by atoms with Crippen LogP contribution in [0.1, 0.15) is 11.1 Å². The molecular weight excluding hydrogens is 236 g/mol. The van der Waals surface area contributed by atoms with Gasteiger partial charge in [0.15, 0.2) is 0 Å². The van der Waals surface area contributed by atoms with Gasteiger partial charge < -0.3 is 15.8 Å². The summed E-state index contributed by atoms with van der Waals surface area (Å²) in [6.45, 7) is 5.57. The van der Waals surface area contributed by atoms with Gasteiger partial charge in [0, 0.05) is 12.2 Å². The van der Waals surface area contributed by atoms with Crippen LogP contribution in [0.3, 0.4) is 0 Å². The summed E-state index contributed by atoms with van der Waals surface area (Å²) in [4.78, 5) is 0. The average molecular weight is 256 g/mol. The Kier molecular flexibility index (Phi) is 4.29. The van der Waals surface area contributed by atoms with Gasteiger partial charge in [0.2, 0.25) is 0 Å². The van der Waals surface area contributed by atoms with E-state index in [2.05, 4.69) is 37.4 Å². The van der Waals surface area contributed by atoms with Crippen molar-refractivity contribution in [3.63, 3.8) is 0 Å². The largest absolute Gasteiger partial charge is 0.490 e. The summed E-state index contributed by atoms with van der Waals surface area (Å²) in [7, 11) is 0. The van der Waals surface area contributed by atoms with Crippen LogP contribution in [0.25, 0.3) is 0 Å². The first-order chi connectivity index (χ1) is 9.18. The molecule has 0 unspecified atom stereocenters. The average Bonchev–Trinajstić information content (AvgIpc) is 2.41. The fraction of sp³-hybridized carbons (Fsp3) is 0.250. The minimum Gasteiger partial charge on any atom is -0.490 e. The van der Waals surface area contributed by atoms with E-state index in [0.717, 1.165) is 18.0 Å². The van der Waals surface area contributed by atoms with Crippen LogP contribution in [0.2, 0.25) is 0 Å². The summed E-state index contributed by atoms with van der Waals surface area (Å²) < 4.78 is 5.64. The van der Waals surface area contributed by atoms with Gasteiger partial charge >= 0.3 is 0 Å². The van der Waals surface area contributed by atoms with Gasteiger partial charge in [-0.25, -0.2) is 0 Å². The molecule has 3 N–H and O–H groups in total. The molecule has 0 fully saturated rings. The standard InChI is InChI=1S/C16H20N2O/c1-12-6-5-8-15(13(12)2)18-10-11-19-16-9-4-3-7-14(16)17/h3-9,18H,10-11,17H2,1-2H3. The first kappa shape index (κ1) is 13.3. The van der Waals surface area contributed by atoms with Crippen molar-refractivity contribution >= 4 is 11.4 Å². The van der Waals surface area contributed by atoms with Crippen LogP contribution in [0.5, 0.6) is 5.75 Å². The van der Waals surface area contributed by atoms with E-state index in [1.807, 2.05) is 24.3 Å². The third-order valence-corrected chi connectivity index (χ3v) is 3.20. The number of rotatable bonds is 5. The molecule has 0 aliphatic rings. The summed E-state index contributed by atoms with van der Waals surface area (Å²) in [6, 6.07) is 13.8. The summed E-state index contributed by atoms with van der Waals surface area (Å²) in [5.41, 5.74) is 10.2. The molecule has 0 atom stereocenters. The summed E-state index contributed by atoms with van der Waals surface area (Å²) in [5, 5.41) is 3.38. The lowest BCUT2D eigenvalue weighted by molar-refractivity contribution is 0.334. The molecule has 0 amide bonds. The normalized spacial score (nSPS) is 10.2. The minimum absolute atomic E-state index is 0.585. The Hall–Kier alpha value is -2.16. The highest BCUT2D eigenvalue weighted by Gasteiger charge is 2.01. The second-order valence-electron chi connectivity index (χ2n) is 4.56. The zero-order valence-electron chi connectivity index (χ0n) is 11.4. The molecule has 0 aliphatic heterocycles. The molecule has 0 saturated heterocycles. The molecule has 3 heteroatoms. The van der Waals surface area contributed by atoms with Crippen molar-refractivity contribution in [2.24, 2.45) is 0 Å². The molecule has 2 aromatic carbocycles. The number of ether oxygens (including phenoxy) is 1. The van der Waals surface area contributed by atoms with Crippen LogP contribution in [-0.4, -0.2) is 13.2 Å². The Morgan fingerprint density at radius 2 is 1.84 bits per heavy atom. The Labute approximate surface area is 114 Å². The quantitative estimate of drug-likeness (QED) is 0.637. The smallest absolute Gasteiger partial charge is 0.142 e. The van der Waals surface area contributed by atoms with Crippen molar-refractivity contribution in [2.75, 3.05) is 24.2 Å². The number of benzene rings is 2. The predicted octanol–water partition coefficient (Wildman–Crippen LogP) is 3.38. The maximum atomic E-state index is 5.81. The molecule has 0 heterocycles. The lowest BCUT2D eigenvalue weighted by atomic mass is 10.1.